The average molecular weight is 534 g/mol. The van der Waals surface area contributed by atoms with Crippen molar-refractivity contribution >= 4 is 34.2 Å². The van der Waals surface area contributed by atoms with E-state index < -0.39 is 6.04 Å². The monoisotopic (exact) mass is 533 g/mol. The van der Waals surface area contributed by atoms with E-state index in [2.05, 4.69) is 15.6 Å². The summed E-state index contributed by atoms with van der Waals surface area (Å²) >= 11 is 1.47. The summed E-state index contributed by atoms with van der Waals surface area (Å²) in [6, 6.07) is 16.2. The number of nitrogens with zero attached hydrogens (tertiary/aromatic N) is 4. The van der Waals surface area contributed by atoms with Gasteiger partial charge in [-0.3, -0.25) is 9.59 Å². The summed E-state index contributed by atoms with van der Waals surface area (Å²) in [7, 11) is 1.60. The van der Waals surface area contributed by atoms with E-state index in [1.165, 1.54) is 11.3 Å². The fourth-order valence-corrected chi connectivity index (χ4v) is 5.81. The minimum absolute atomic E-state index is 0.0103. The fourth-order valence-electron chi connectivity index (χ4n) is 4.78. The Balaban J connectivity index is 1.51. The van der Waals surface area contributed by atoms with Gasteiger partial charge < -0.3 is 19.7 Å². The Bertz CT molecular complexity index is 1410. The molecule has 0 aliphatic carbocycles. The number of rotatable bonds is 10. The zero-order valence-corrected chi connectivity index (χ0v) is 22.3. The van der Waals surface area contributed by atoms with Crippen LogP contribution in [0.5, 0.6) is 5.75 Å². The number of aryl methyl sites for hydroxylation is 1. The molecule has 0 radical (unpaired) electrons. The molecule has 2 atom stereocenters. The first kappa shape index (κ1) is 25.9. The van der Waals surface area contributed by atoms with E-state index in [4.69, 9.17) is 9.47 Å². The molecule has 1 aliphatic heterocycles. The molecule has 0 spiro atoms. The van der Waals surface area contributed by atoms with Gasteiger partial charge in [-0.15, -0.1) is 16.4 Å². The van der Waals surface area contributed by atoms with Crippen molar-refractivity contribution in [3.05, 3.63) is 76.0 Å². The number of hydrogen-bond acceptors (Lipinski definition) is 7. The second-order valence-electron chi connectivity index (χ2n) is 9.32. The number of carbonyl (C=O) groups is 2. The number of nitrogens with one attached hydrogen (secondary N) is 1. The van der Waals surface area contributed by atoms with Crippen molar-refractivity contribution in [2.24, 2.45) is 0 Å². The number of thiophene rings is 1. The number of hydrogen-bond donors (Lipinski definition) is 1. The van der Waals surface area contributed by atoms with Crippen molar-refractivity contribution in [2.75, 3.05) is 20.3 Å². The smallest absolute Gasteiger partial charge is 0.248 e. The zero-order valence-electron chi connectivity index (χ0n) is 21.5. The number of aromatic nitrogens is 3. The molecule has 10 heteroatoms. The minimum atomic E-state index is -0.830. The number of carbonyl (C=O) groups excluding carboxylic acids is 2. The summed E-state index contributed by atoms with van der Waals surface area (Å²) in [6.45, 7) is 3.20. The van der Waals surface area contributed by atoms with Crippen LogP contribution in [0, 0.1) is 6.92 Å². The normalized spacial score (nSPS) is 15.9. The summed E-state index contributed by atoms with van der Waals surface area (Å²) < 4.78 is 12.9. The van der Waals surface area contributed by atoms with Crippen LogP contribution in [0.3, 0.4) is 0 Å². The largest absolute Gasteiger partial charge is 0.496 e. The van der Waals surface area contributed by atoms with Crippen LogP contribution in [0.15, 0.2) is 60.0 Å². The van der Waals surface area contributed by atoms with Gasteiger partial charge in [0.2, 0.25) is 11.8 Å². The first-order valence-corrected chi connectivity index (χ1v) is 13.6. The third kappa shape index (κ3) is 5.56. The zero-order chi connectivity index (χ0) is 26.5. The Kier molecular flexibility index (Phi) is 8.00. The number of fused-ring (bicyclic) bond motifs is 1. The van der Waals surface area contributed by atoms with Gasteiger partial charge in [0.15, 0.2) is 0 Å². The summed E-state index contributed by atoms with van der Waals surface area (Å²) in [6.07, 6.45) is 1.88. The number of methoxy groups -OCH3 is 1. The Morgan fingerprint density at radius 3 is 2.79 bits per heavy atom. The molecule has 2 aromatic carbocycles. The lowest BCUT2D eigenvalue weighted by atomic mass is 10.1. The molecule has 9 nitrogen and oxygen atoms in total. The maximum Gasteiger partial charge on any atom is 0.248 e. The molecule has 1 saturated heterocycles. The SMILES string of the molecule is COc1ccccc1CN(C(=O)Cn1nnc2ccccc21)[C@@H](C(=O)NC[C@H]1CCCO1)c1sccc1C. The fraction of sp³-hybridized carbons (Fsp3) is 0.357. The topological polar surface area (TPSA) is 98.6 Å². The molecular weight excluding hydrogens is 502 g/mol. The molecule has 4 aromatic rings. The van der Waals surface area contributed by atoms with Gasteiger partial charge in [-0.05, 0) is 55.0 Å². The highest BCUT2D eigenvalue weighted by atomic mass is 32.1. The van der Waals surface area contributed by atoms with E-state index in [0.717, 1.165) is 34.4 Å². The number of para-hydroxylation sites is 2. The molecular formula is C28H31N5O4S. The van der Waals surface area contributed by atoms with Gasteiger partial charge in [-0.25, -0.2) is 4.68 Å². The van der Waals surface area contributed by atoms with Crippen molar-refractivity contribution in [2.45, 2.75) is 45.0 Å². The Hall–Kier alpha value is -3.76. The quantitative estimate of drug-likeness (QED) is 0.332. The van der Waals surface area contributed by atoms with Crippen LogP contribution >= 0.6 is 11.3 Å². The van der Waals surface area contributed by atoms with Gasteiger partial charge in [0.1, 0.15) is 23.9 Å². The third-order valence-corrected chi connectivity index (χ3v) is 7.87. The lowest BCUT2D eigenvalue weighted by molar-refractivity contribution is -0.142. The molecule has 198 valence electrons. The molecule has 1 fully saturated rings. The van der Waals surface area contributed by atoms with Crippen molar-refractivity contribution in [1.29, 1.82) is 0 Å². The van der Waals surface area contributed by atoms with Gasteiger partial charge in [0.25, 0.3) is 0 Å². The number of benzene rings is 2. The lowest BCUT2D eigenvalue weighted by Gasteiger charge is -2.32. The van der Waals surface area contributed by atoms with E-state index in [1.54, 1.807) is 16.7 Å². The van der Waals surface area contributed by atoms with E-state index in [0.29, 0.717) is 24.4 Å². The van der Waals surface area contributed by atoms with E-state index in [1.807, 2.05) is 66.9 Å². The lowest BCUT2D eigenvalue weighted by Crippen LogP contribution is -2.46. The van der Waals surface area contributed by atoms with E-state index >= 15 is 0 Å². The average Bonchev–Trinajstić information content (AvgIpc) is 3.70. The summed E-state index contributed by atoms with van der Waals surface area (Å²) in [5.41, 5.74) is 3.22. The second kappa shape index (κ2) is 11.7. The number of ether oxygens (including phenoxy) is 2. The van der Waals surface area contributed by atoms with Crippen molar-refractivity contribution in [1.82, 2.24) is 25.2 Å². The van der Waals surface area contributed by atoms with Gasteiger partial charge in [0.05, 0.1) is 25.3 Å². The van der Waals surface area contributed by atoms with Gasteiger partial charge in [-0.2, -0.15) is 0 Å². The standard InChI is InChI=1S/C28H31N5O4S/c1-19-13-15-38-27(19)26(28(35)29-16-21-9-7-14-37-21)32(17-20-8-3-6-12-24(20)36-2)25(34)18-33-23-11-5-4-10-22(23)30-31-33/h3-6,8,10-13,15,21,26H,7,9,14,16-18H2,1-2H3,(H,29,35)/t21-,26-/m1/s1. The molecule has 0 saturated carbocycles. The predicted octanol–water partition coefficient (Wildman–Crippen LogP) is 3.88. The van der Waals surface area contributed by atoms with Gasteiger partial charge in [0, 0.05) is 23.6 Å². The van der Waals surface area contributed by atoms with Crippen molar-refractivity contribution in [3.63, 3.8) is 0 Å². The van der Waals surface area contributed by atoms with Crippen molar-refractivity contribution < 1.29 is 19.1 Å². The van der Waals surface area contributed by atoms with Gasteiger partial charge in [-0.1, -0.05) is 35.5 Å². The third-order valence-electron chi connectivity index (χ3n) is 6.80. The van der Waals surface area contributed by atoms with Crippen LogP contribution in [0.2, 0.25) is 0 Å². The first-order chi connectivity index (χ1) is 18.5. The van der Waals surface area contributed by atoms with E-state index in [-0.39, 0.29) is 31.0 Å². The molecule has 3 heterocycles. The predicted molar refractivity (Wildman–Crippen MR) is 145 cm³/mol. The Morgan fingerprint density at radius 1 is 1.21 bits per heavy atom. The van der Waals surface area contributed by atoms with Crippen LogP contribution in [-0.2, 0) is 27.4 Å². The maximum atomic E-state index is 14.1. The van der Waals surface area contributed by atoms with Crippen LogP contribution in [0.1, 0.15) is 34.9 Å². The minimum Gasteiger partial charge on any atom is -0.496 e. The molecule has 2 amide bonds. The highest BCUT2D eigenvalue weighted by molar-refractivity contribution is 7.10. The van der Waals surface area contributed by atoms with Crippen LogP contribution in [0.25, 0.3) is 11.0 Å². The van der Waals surface area contributed by atoms with Crippen molar-refractivity contribution in [3.8, 4) is 5.75 Å². The first-order valence-electron chi connectivity index (χ1n) is 12.7. The summed E-state index contributed by atoms with van der Waals surface area (Å²) in [5.74, 6) is 0.160. The molecule has 38 heavy (non-hydrogen) atoms. The molecule has 2 aromatic heterocycles. The highest BCUT2D eigenvalue weighted by Crippen LogP contribution is 2.32. The van der Waals surface area contributed by atoms with Crippen LogP contribution < -0.4 is 10.1 Å². The Labute approximate surface area is 225 Å². The second-order valence-corrected chi connectivity index (χ2v) is 10.3. The molecule has 1 N–H and O–H groups in total. The number of amides is 2. The molecule has 0 unspecified atom stereocenters. The molecule has 0 bridgehead atoms. The van der Waals surface area contributed by atoms with Crippen LogP contribution in [0.4, 0.5) is 0 Å². The van der Waals surface area contributed by atoms with Gasteiger partial charge >= 0.3 is 0 Å². The molecule has 5 rings (SSSR count). The van der Waals surface area contributed by atoms with E-state index in [9.17, 15) is 9.59 Å². The Morgan fingerprint density at radius 2 is 2.03 bits per heavy atom. The summed E-state index contributed by atoms with van der Waals surface area (Å²) in [5, 5.41) is 13.4. The highest BCUT2D eigenvalue weighted by Gasteiger charge is 2.35. The maximum absolute atomic E-state index is 14.1. The summed E-state index contributed by atoms with van der Waals surface area (Å²) in [4.78, 5) is 30.3. The molecule has 1 aliphatic rings. The van der Waals surface area contributed by atoms with Crippen LogP contribution in [-0.4, -0.2) is 58.1 Å².